The number of hydrogen-bond donors (Lipinski definition) is 0. The molecular formula is C57H38N2OS. The van der Waals surface area contributed by atoms with Gasteiger partial charge in [-0.25, -0.2) is 9.97 Å². The van der Waals surface area contributed by atoms with Crippen molar-refractivity contribution in [3.8, 4) is 44.5 Å². The van der Waals surface area contributed by atoms with Gasteiger partial charge in [0.1, 0.15) is 11.1 Å². The third kappa shape index (κ3) is 5.22. The van der Waals surface area contributed by atoms with Crippen molar-refractivity contribution in [2.24, 2.45) is 5.92 Å². The zero-order valence-corrected chi connectivity index (χ0v) is 34.5. The van der Waals surface area contributed by atoms with Crippen LogP contribution in [-0.4, -0.2) is 9.97 Å². The molecule has 0 radical (unpaired) electrons. The van der Waals surface area contributed by atoms with E-state index in [0.717, 1.165) is 49.4 Å². The molecular weight excluding hydrogens is 761 g/mol. The average Bonchev–Trinajstić information content (AvgIpc) is 3.95. The summed E-state index contributed by atoms with van der Waals surface area (Å²) in [6.07, 6.45) is 9.23. The first-order chi connectivity index (χ1) is 30.0. The van der Waals surface area contributed by atoms with Crippen molar-refractivity contribution in [2.45, 2.75) is 25.2 Å². The van der Waals surface area contributed by atoms with Crippen molar-refractivity contribution in [3.63, 3.8) is 0 Å². The Hall–Kier alpha value is -7.14. The van der Waals surface area contributed by atoms with Crippen molar-refractivity contribution in [1.29, 1.82) is 0 Å². The number of hydrogen-bond acceptors (Lipinski definition) is 4. The number of furan rings is 1. The first kappa shape index (κ1) is 34.7. The summed E-state index contributed by atoms with van der Waals surface area (Å²) in [6, 6.07) is 57.5. The van der Waals surface area contributed by atoms with Crippen LogP contribution in [0.4, 0.5) is 0 Å². The van der Waals surface area contributed by atoms with Gasteiger partial charge < -0.3 is 4.42 Å². The third-order valence-electron chi connectivity index (χ3n) is 13.6. The molecule has 8 aromatic carbocycles. The summed E-state index contributed by atoms with van der Waals surface area (Å²) >= 11 is 1.92. The Labute approximate surface area is 357 Å². The summed E-state index contributed by atoms with van der Waals surface area (Å²) in [5.74, 6) is 0.950. The SMILES string of the molecule is CC1(C)c2cc(-c3cccc4c3sc3c(-c5cccc(-c6cccc(-c7ccc8nc9c(nc8c7)oc7ccc8ccccc8c79)c6)c5)cccc34)ccc2C2C=CC=CC21. The molecule has 0 amide bonds. The van der Waals surface area contributed by atoms with Gasteiger partial charge in [-0.3, -0.25) is 0 Å². The van der Waals surface area contributed by atoms with Gasteiger partial charge in [-0.1, -0.05) is 166 Å². The highest BCUT2D eigenvalue weighted by Crippen LogP contribution is 2.54. The number of fused-ring (bicyclic) bond motifs is 12. The molecule has 2 aliphatic carbocycles. The molecule has 0 N–H and O–H groups in total. The minimum absolute atomic E-state index is 0.0762. The number of thiophene rings is 1. The molecule has 3 heterocycles. The fourth-order valence-corrected chi connectivity index (χ4v) is 11.9. The Morgan fingerprint density at radius 1 is 0.525 bits per heavy atom. The number of benzene rings is 8. The number of allylic oxidation sites excluding steroid dienone is 4. The van der Waals surface area contributed by atoms with Gasteiger partial charge in [-0.2, -0.15) is 0 Å². The second-order valence-corrected chi connectivity index (χ2v) is 18.3. The first-order valence-corrected chi connectivity index (χ1v) is 21.9. The maximum absolute atomic E-state index is 6.27. The Bertz CT molecular complexity index is 3710. The van der Waals surface area contributed by atoms with Gasteiger partial charge in [0.05, 0.1) is 16.4 Å². The number of aromatic nitrogens is 2. The molecule has 3 nitrogen and oxygen atoms in total. The summed E-state index contributed by atoms with van der Waals surface area (Å²) in [4.78, 5) is 10.1. The van der Waals surface area contributed by atoms with Gasteiger partial charge in [-0.15, -0.1) is 11.3 Å². The van der Waals surface area contributed by atoms with Crippen LogP contribution in [0.1, 0.15) is 30.9 Å². The van der Waals surface area contributed by atoms with Crippen LogP contribution in [0.25, 0.3) is 109 Å². The van der Waals surface area contributed by atoms with Crippen LogP contribution in [0.2, 0.25) is 0 Å². The van der Waals surface area contributed by atoms with Crippen molar-refractivity contribution in [1.82, 2.24) is 9.97 Å². The minimum atomic E-state index is 0.0762. The van der Waals surface area contributed by atoms with E-state index in [4.69, 9.17) is 14.4 Å². The van der Waals surface area contributed by atoms with E-state index in [9.17, 15) is 0 Å². The largest absolute Gasteiger partial charge is 0.436 e. The highest BCUT2D eigenvalue weighted by atomic mass is 32.1. The monoisotopic (exact) mass is 798 g/mol. The molecule has 11 aromatic rings. The van der Waals surface area contributed by atoms with Crippen molar-refractivity contribution in [3.05, 3.63) is 193 Å². The van der Waals surface area contributed by atoms with E-state index in [1.54, 1.807) is 0 Å². The predicted molar refractivity (Wildman–Crippen MR) is 256 cm³/mol. The standard InChI is InChI=1S/C57H38N2OS/c1-57(2)47-22-6-5-17-43(47)44-26-23-39(31-48(44)57)42-19-10-21-46-45-20-9-18-41(54(45)61-55(42)46)38-15-8-14-36(30-38)34-12-7-13-35(29-34)37-24-27-49-50(32-37)59-56-53(58-49)52-40-16-4-3-11-33(40)25-28-51(52)60-56/h3-32,43,47H,1-2H3. The number of nitrogens with zero attached hydrogens (tertiary/aromatic N) is 2. The van der Waals surface area contributed by atoms with Gasteiger partial charge in [-0.05, 0) is 108 Å². The van der Waals surface area contributed by atoms with Crippen LogP contribution < -0.4 is 0 Å². The molecule has 2 atom stereocenters. The van der Waals surface area contributed by atoms with E-state index in [1.807, 2.05) is 17.4 Å². The van der Waals surface area contributed by atoms with Crippen LogP contribution in [0.5, 0.6) is 0 Å². The highest BCUT2D eigenvalue weighted by Gasteiger charge is 2.44. The second-order valence-electron chi connectivity index (χ2n) is 17.3. The zero-order valence-electron chi connectivity index (χ0n) is 33.7. The van der Waals surface area contributed by atoms with Gasteiger partial charge in [0.2, 0.25) is 5.71 Å². The molecule has 0 fully saturated rings. The van der Waals surface area contributed by atoms with Crippen LogP contribution in [0, 0.1) is 5.92 Å². The molecule has 0 aliphatic heterocycles. The molecule has 0 saturated heterocycles. The molecule has 0 bridgehead atoms. The predicted octanol–water partition coefficient (Wildman–Crippen LogP) is 15.8. The Balaban J connectivity index is 0.862. The van der Waals surface area contributed by atoms with Crippen molar-refractivity contribution >= 4 is 75.5 Å². The molecule has 2 aliphatic rings. The van der Waals surface area contributed by atoms with Gasteiger partial charge in [0, 0.05) is 26.1 Å². The van der Waals surface area contributed by atoms with Gasteiger partial charge in [0.15, 0.2) is 0 Å². The second kappa shape index (κ2) is 12.9. The fourth-order valence-electron chi connectivity index (χ4n) is 10.5. The lowest BCUT2D eigenvalue weighted by molar-refractivity contribution is 0.394. The quantitative estimate of drug-likeness (QED) is 0.178. The highest BCUT2D eigenvalue weighted by molar-refractivity contribution is 7.26. The summed E-state index contributed by atoms with van der Waals surface area (Å²) < 4.78 is 8.93. The lowest BCUT2D eigenvalue weighted by Gasteiger charge is -2.29. The molecule has 288 valence electrons. The average molecular weight is 799 g/mol. The molecule has 61 heavy (non-hydrogen) atoms. The van der Waals surface area contributed by atoms with E-state index >= 15 is 0 Å². The van der Waals surface area contributed by atoms with E-state index in [2.05, 4.69) is 190 Å². The van der Waals surface area contributed by atoms with Gasteiger partial charge in [0.25, 0.3) is 0 Å². The Morgan fingerprint density at radius 2 is 1.16 bits per heavy atom. The molecule has 0 spiro atoms. The molecule has 2 unspecified atom stereocenters. The van der Waals surface area contributed by atoms with Crippen molar-refractivity contribution in [2.75, 3.05) is 0 Å². The fraction of sp³-hybridized carbons (Fsp3) is 0.0877. The van der Waals surface area contributed by atoms with Crippen LogP contribution >= 0.6 is 11.3 Å². The van der Waals surface area contributed by atoms with E-state index in [1.165, 1.54) is 64.7 Å². The maximum atomic E-state index is 6.27. The molecule has 3 aromatic heterocycles. The molecule has 13 rings (SSSR count). The number of rotatable bonds is 4. The first-order valence-electron chi connectivity index (χ1n) is 21.1. The summed E-state index contributed by atoms with van der Waals surface area (Å²) in [6.45, 7) is 4.83. The summed E-state index contributed by atoms with van der Waals surface area (Å²) in [5, 5.41) is 5.93. The van der Waals surface area contributed by atoms with Crippen LogP contribution in [-0.2, 0) is 5.41 Å². The topological polar surface area (TPSA) is 38.9 Å². The molecule has 4 heteroatoms. The van der Waals surface area contributed by atoms with E-state index < -0.39 is 0 Å². The minimum Gasteiger partial charge on any atom is -0.436 e. The zero-order chi connectivity index (χ0) is 40.4. The lowest BCUT2D eigenvalue weighted by atomic mass is 9.74. The summed E-state index contributed by atoms with van der Waals surface area (Å²) in [5.41, 5.74) is 16.5. The van der Waals surface area contributed by atoms with Gasteiger partial charge >= 0.3 is 0 Å². The normalized spacial score (nSPS) is 16.7. The third-order valence-corrected chi connectivity index (χ3v) is 14.9. The molecule has 0 saturated carbocycles. The Morgan fingerprint density at radius 3 is 1.95 bits per heavy atom. The van der Waals surface area contributed by atoms with E-state index in [0.29, 0.717) is 17.5 Å². The Kier molecular flexibility index (Phi) is 7.35. The van der Waals surface area contributed by atoms with Crippen molar-refractivity contribution < 1.29 is 4.42 Å². The lowest BCUT2D eigenvalue weighted by Crippen LogP contribution is -2.24. The smallest absolute Gasteiger partial charge is 0.246 e. The maximum Gasteiger partial charge on any atom is 0.246 e. The van der Waals surface area contributed by atoms with E-state index in [-0.39, 0.29) is 5.41 Å². The van der Waals surface area contributed by atoms with Crippen LogP contribution in [0.3, 0.4) is 0 Å². The summed E-state index contributed by atoms with van der Waals surface area (Å²) in [7, 11) is 0. The van der Waals surface area contributed by atoms with Crippen LogP contribution in [0.15, 0.2) is 186 Å².